The number of amides is 1. The number of hydrogen-bond donors (Lipinski definition) is 1. The maximum Gasteiger partial charge on any atom is 0.265 e. The van der Waals surface area contributed by atoms with Crippen LogP contribution < -0.4 is 10.1 Å². The molecule has 1 unspecified atom stereocenters. The van der Waals surface area contributed by atoms with Crippen molar-refractivity contribution in [2.45, 2.75) is 46.6 Å². The van der Waals surface area contributed by atoms with Crippen LogP contribution >= 0.6 is 0 Å². The highest BCUT2D eigenvalue weighted by Gasteiger charge is 2.17. The highest BCUT2D eigenvalue weighted by atomic mass is 16.5. The first-order valence-electron chi connectivity index (χ1n) is 9.32. The summed E-state index contributed by atoms with van der Waals surface area (Å²) in [7, 11) is 0. The van der Waals surface area contributed by atoms with Gasteiger partial charge in [-0.15, -0.1) is 10.2 Å². The number of anilines is 1. The summed E-state index contributed by atoms with van der Waals surface area (Å²) in [5, 5.41) is 10.7. The zero-order chi connectivity index (χ0) is 20.3. The smallest absolute Gasteiger partial charge is 0.265 e. The van der Waals surface area contributed by atoms with E-state index in [1.807, 2.05) is 37.3 Å². The quantitative estimate of drug-likeness (QED) is 0.660. The first-order valence-corrected chi connectivity index (χ1v) is 9.32. The number of ether oxygens (including phenoxy) is 1. The number of carbonyl (C=O) groups is 1. The molecule has 0 saturated heterocycles. The lowest BCUT2D eigenvalue weighted by Gasteiger charge is -2.18. The molecule has 0 radical (unpaired) electrons. The molecule has 2 aromatic carbocycles. The molecule has 3 aromatic rings. The van der Waals surface area contributed by atoms with Gasteiger partial charge >= 0.3 is 0 Å². The van der Waals surface area contributed by atoms with Crippen LogP contribution in [-0.2, 0) is 4.79 Å². The van der Waals surface area contributed by atoms with Gasteiger partial charge in [0.25, 0.3) is 5.91 Å². The Labute approximate surface area is 164 Å². The van der Waals surface area contributed by atoms with Crippen LogP contribution in [0, 0.1) is 13.8 Å². The van der Waals surface area contributed by atoms with Crippen LogP contribution in [0.3, 0.4) is 0 Å². The predicted octanol–water partition coefficient (Wildman–Crippen LogP) is 4.88. The number of rotatable bonds is 6. The Morgan fingerprint density at radius 3 is 2.54 bits per heavy atom. The number of benzene rings is 2. The molecule has 0 spiro atoms. The van der Waals surface area contributed by atoms with Gasteiger partial charge in [-0.25, -0.2) is 0 Å². The molecule has 1 N–H and O–H groups in total. The van der Waals surface area contributed by atoms with Crippen molar-refractivity contribution in [3.63, 3.8) is 0 Å². The summed E-state index contributed by atoms with van der Waals surface area (Å²) in [5.74, 6) is 1.80. The van der Waals surface area contributed by atoms with E-state index < -0.39 is 6.10 Å². The molecule has 6 nitrogen and oxygen atoms in total. The molecule has 0 saturated carbocycles. The van der Waals surface area contributed by atoms with Crippen LogP contribution in [0.5, 0.6) is 5.75 Å². The first-order chi connectivity index (χ1) is 13.3. The van der Waals surface area contributed by atoms with Gasteiger partial charge < -0.3 is 14.5 Å². The molecule has 0 bridgehead atoms. The second-order valence-electron chi connectivity index (χ2n) is 7.14. The van der Waals surface area contributed by atoms with Gasteiger partial charge in [0.1, 0.15) is 5.75 Å². The zero-order valence-electron chi connectivity index (χ0n) is 16.8. The summed E-state index contributed by atoms with van der Waals surface area (Å²) in [6.45, 7) is 9.70. The van der Waals surface area contributed by atoms with Crippen molar-refractivity contribution >= 4 is 11.6 Å². The molecule has 0 aliphatic rings. The number of nitrogens with one attached hydrogen (secondary N) is 1. The largest absolute Gasteiger partial charge is 0.481 e. The van der Waals surface area contributed by atoms with E-state index in [0.717, 1.165) is 16.9 Å². The van der Waals surface area contributed by atoms with Crippen molar-refractivity contribution in [2.24, 2.45) is 0 Å². The highest BCUT2D eigenvalue weighted by Crippen LogP contribution is 2.26. The Bertz CT molecular complexity index is 979. The van der Waals surface area contributed by atoms with E-state index in [2.05, 4.69) is 35.4 Å². The van der Waals surface area contributed by atoms with Crippen molar-refractivity contribution in [1.29, 1.82) is 0 Å². The van der Waals surface area contributed by atoms with Crippen molar-refractivity contribution in [3.05, 3.63) is 59.5 Å². The number of aromatic nitrogens is 2. The minimum atomic E-state index is -0.643. The van der Waals surface area contributed by atoms with Gasteiger partial charge in [0.2, 0.25) is 11.8 Å². The monoisotopic (exact) mass is 379 g/mol. The highest BCUT2D eigenvalue weighted by molar-refractivity contribution is 5.94. The molecular formula is C22H25N3O3. The van der Waals surface area contributed by atoms with Gasteiger partial charge in [0, 0.05) is 18.2 Å². The van der Waals surface area contributed by atoms with E-state index in [9.17, 15) is 4.79 Å². The molecule has 146 valence electrons. The number of carbonyl (C=O) groups excluding carboxylic acids is 1. The van der Waals surface area contributed by atoms with Gasteiger partial charge in [0.05, 0.1) is 0 Å². The Balaban J connectivity index is 1.70. The molecule has 1 amide bonds. The van der Waals surface area contributed by atoms with Crippen LogP contribution in [-0.4, -0.2) is 22.2 Å². The minimum Gasteiger partial charge on any atom is -0.481 e. The maximum atomic E-state index is 12.6. The molecule has 0 fully saturated rings. The molecule has 1 aromatic heterocycles. The third-order valence-corrected chi connectivity index (χ3v) is 4.45. The summed E-state index contributed by atoms with van der Waals surface area (Å²) < 4.78 is 11.4. The Morgan fingerprint density at radius 1 is 1.07 bits per heavy atom. The fourth-order valence-corrected chi connectivity index (χ4v) is 2.73. The Kier molecular flexibility index (Phi) is 5.78. The topological polar surface area (TPSA) is 77.2 Å². The van der Waals surface area contributed by atoms with E-state index in [0.29, 0.717) is 23.4 Å². The summed E-state index contributed by atoms with van der Waals surface area (Å²) in [6.07, 6.45) is -0.643. The van der Waals surface area contributed by atoms with Gasteiger partial charge in [0.15, 0.2) is 6.10 Å². The molecule has 0 aliphatic carbocycles. The van der Waals surface area contributed by atoms with E-state index in [-0.39, 0.29) is 5.91 Å². The van der Waals surface area contributed by atoms with Crippen molar-refractivity contribution < 1.29 is 13.9 Å². The molecule has 3 rings (SSSR count). The maximum absolute atomic E-state index is 12.6. The van der Waals surface area contributed by atoms with Crippen LogP contribution in [0.1, 0.15) is 43.7 Å². The average Bonchev–Trinajstić information content (AvgIpc) is 3.10. The second-order valence-corrected chi connectivity index (χ2v) is 7.14. The molecule has 1 heterocycles. The van der Waals surface area contributed by atoms with E-state index >= 15 is 0 Å². The standard InChI is InChI=1S/C22H25N3O3/c1-13(2)17-10-9-14(3)20(12-17)27-15(4)21(26)23-19-8-6-7-18(11-19)22-25-24-16(5)28-22/h6-13,15H,1-5H3,(H,23,26). The number of aryl methyl sites for hydroxylation is 2. The van der Waals surface area contributed by atoms with Crippen molar-refractivity contribution in [2.75, 3.05) is 5.32 Å². The van der Waals surface area contributed by atoms with E-state index in [1.165, 1.54) is 5.56 Å². The van der Waals surface area contributed by atoms with Crippen molar-refractivity contribution in [3.8, 4) is 17.2 Å². The third kappa shape index (κ3) is 4.57. The molecule has 6 heteroatoms. The van der Waals surface area contributed by atoms with Crippen LogP contribution in [0.4, 0.5) is 5.69 Å². The first kappa shape index (κ1) is 19.6. The lowest BCUT2D eigenvalue weighted by Crippen LogP contribution is -2.30. The molecule has 1 atom stereocenters. The molecular weight excluding hydrogens is 354 g/mol. The lowest BCUT2D eigenvalue weighted by atomic mass is 10.0. The van der Waals surface area contributed by atoms with Crippen LogP contribution in [0.15, 0.2) is 46.9 Å². The van der Waals surface area contributed by atoms with Gasteiger partial charge in [-0.3, -0.25) is 4.79 Å². The zero-order valence-corrected chi connectivity index (χ0v) is 16.8. The molecule has 0 aliphatic heterocycles. The normalized spacial score (nSPS) is 12.1. The summed E-state index contributed by atoms with van der Waals surface area (Å²) in [4.78, 5) is 12.6. The average molecular weight is 379 g/mol. The van der Waals surface area contributed by atoms with E-state index in [4.69, 9.17) is 9.15 Å². The van der Waals surface area contributed by atoms with Crippen LogP contribution in [0.25, 0.3) is 11.5 Å². The van der Waals surface area contributed by atoms with E-state index in [1.54, 1.807) is 19.9 Å². The Morgan fingerprint density at radius 2 is 1.86 bits per heavy atom. The lowest BCUT2D eigenvalue weighted by molar-refractivity contribution is -0.122. The van der Waals surface area contributed by atoms with Gasteiger partial charge in [-0.1, -0.05) is 32.0 Å². The molecule has 28 heavy (non-hydrogen) atoms. The summed E-state index contributed by atoms with van der Waals surface area (Å²) in [6, 6.07) is 13.4. The van der Waals surface area contributed by atoms with Crippen LogP contribution in [0.2, 0.25) is 0 Å². The Hall–Kier alpha value is -3.15. The summed E-state index contributed by atoms with van der Waals surface area (Å²) in [5.41, 5.74) is 3.56. The fourth-order valence-electron chi connectivity index (χ4n) is 2.73. The predicted molar refractivity (Wildman–Crippen MR) is 108 cm³/mol. The number of hydrogen-bond acceptors (Lipinski definition) is 5. The SMILES string of the molecule is Cc1nnc(-c2cccc(NC(=O)C(C)Oc3cc(C(C)C)ccc3C)c2)o1. The van der Waals surface area contributed by atoms with Gasteiger partial charge in [-0.2, -0.15) is 0 Å². The third-order valence-electron chi connectivity index (χ3n) is 4.45. The fraction of sp³-hybridized carbons (Fsp3) is 0.318. The van der Waals surface area contributed by atoms with Gasteiger partial charge in [-0.05, 0) is 55.2 Å². The second kappa shape index (κ2) is 8.25. The summed E-state index contributed by atoms with van der Waals surface area (Å²) >= 11 is 0. The minimum absolute atomic E-state index is 0.229. The number of nitrogens with zero attached hydrogens (tertiary/aromatic N) is 2. The van der Waals surface area contributed by atoms with Crippen molar-refractivity contribution in [1.82, 2.24) is 10.2 Å².